The number of amides is 1. The van der Waals surface area contributed by atoms with E-state index in [9.17, 15) is 4.79 Å². The maximum Gasteiger partial charge on any atom is 0.223 e. The smallest absolute Gasteiger partial charge is 0.223 e. The van der Waals surface area contributed by atoms with E-state index in [1.54, 1.807) is 0 Å². The Morgan fingerprint density at radius 2 is 1.56 bits per heavy atom. The van der Waals surface area contributed by atoms with Crippen molar-refractivity contribution in [3.63, 3.8) is 0 Å². The normalized spacial score (nSPS) is 32.3. The van der Waals surface area contributed by atoms with Gasteiger partial charge in [-0.2, -0.15) is 0 Å². The summed E-state index contributed by atoms with van der Waals surface area (Å²) in [5.74, 6) is 1.27. The summed E-state index contributed by atoms with van der Waals surface area (Å²) in [7, 11) is 0. The second-order valence-electron chi connectivity index (χ2n) is 5.17. The molecule has 1 amide bonds. The van der Waals surface area contributed by atoms with Gasteiger partial charge >= 0.3 is 0 Å². The lowest BCUT2D eigenvalue weighted by Gasteiger charge is -2.30. The van der Waals surface area contributed by atoms with Crippen molar-refractivity contribution < 1.29 is 20.1 Å². The molecule has 2 unspecified atom stereocenters. The third-order valence-corrected chi connectivity index (χ3v) is 3.91. The minimum atomic E-state index is -1.27. The van der Waals surface area contributed by atoms with Crippen molar-refractivity contribution >= 4 is 5.91 Å². The molecule has 2 saturated carbocycles. The first-order valence-electron chi connectivity index (χ1n) is 5.78. The average Bonchev–Trinajstić information content (AvgIpc) is 2.93. The molecule has 4 N–H and O–H groups in total. The Morgan fingerprint density at radius 1 is 1.06 bits per heavy atom. The van der Waals surface area contributed by atoms with Crippen LogP contribution in [0.3, 0.4) is 0 Å². The molecule has 0 radical (unpaired) electrons. The number of carbonyl (C=O) groups is 1. The summed E-state index contributed by atoms with van der Waals surface area (Å²) >= 11 is 0. The van der Waals surface area contributed by atoms with Gasteiger partial charge in [0.25, 0.3) is 0 Å². The van der Waals surface area contributed by atoms with Gasteiger partial charge in [0, 0.05) is 5.92 Å². The van der Waals surface area contributed by atoms with E-state index in [4.69, 9.17) is 15.3 Å². The van der Waals surface area contributed by atoms with Gasteiger partial charge in [-0.1, -0.05) is 0 Å². The Balaban J connectivity index is 1.89. The van der Waals surface area contributed by atoms with Gasteiger partial charge in [-0.3, -0.25) is 4.79 Å². The van der Waals surface area contributed by atoms with Crippen LogP contribution in [0.4, 0.5) is 0 Å². The van der Waals surface area contributed by atoms with E-state index in [0.717, 1.165) is 12.8 Å². The fourth-order valence-corrected chi connectivity index (χ4v) is 2.56. The van der Waals surface area contributed by atoms with Gasteiger partial charge in [0.2, 0.25) is 5.91 Å². The van der Waals surface area contributed by atoms with Crippen molar-refractivity contribution in [3.8, 4) is 0 Å². The van der Waals surface area contributed by atoms with Gasteiger partial charge in [-0.15, -0.1) is 0 Å². The van der Waals surface area contributed by atoms with Crippen molar-refractivity contribution in [1.82, 2.24) is 5.32 Å². The quantitative estimate of drug-likeness (QED) is 0.480. The predicted molar refractivity (Wildman–Crippen MR) is 56.5 cm³/mol. The first-order chi connectivity index (χ1) is 7.64. The van der Waals surface area contributed by atoms with E-state index in [1.807, 2.05) is 0 Å². The molecule has 0 aromatic heterocycles. The first kappa shape index (κ1) is 11.8. The molecule has 2 aliphatic rings. The van der Waals surface area contributed by atoms with E-state index in [0.29, 0.717) is 11.8 Å². The molecule has 0 bridgehead atoms. The van der Waals surface area contributed by atoms with Crippen LogP contribution in [0.15, 0.2) is 0 Å². The van der Waals surface area contributed by atoms with Crippen LogP contribution in [-0.2, 0) is 4.79 Å². The molecule has 2 fully saturated rings. The highest BCUT2D eigenvalue weighted by atomic mass is 16.3. The summed E-state index contributed by atoms with van der Waals surface area (Å²) < 4.78 is 0. The van der Waals surface area contributed by atoms with Gasteiger partial charge < -0.3 is 20.6 Å². The van der Waals surface area contributed by atoms with E-state index in [2.05, 4.69) is 5.32 Å². The molecular formula is C11H19NO4. The molecular weight excluding hydrogens is 210 g/mol. The number of hydrogen-bond acceptors (Lipinski definition) is 4. The van der Waals surface area contributed by atoms with Gasteiger partial charge in [-0.25, -0.2) is 0 Å². The number of rotatable bonds is 5. The highest BCUT2D eigenvalue weighted by Gasteiger charge is 2.48. The molecule has 2 atom stereocenters. The lowest BCUT2D eigenvalue weighted by Crippen LogP contribution is -2.58. The summed E-state index contributed by atoms with van der Waals surface area (Å²) in [6, 6.07) is 0. The van der Waals surface area contributed by atoms with Crippen LogP contribution < -0.4 is 5.32 Å². The zero-order valence-electron chi connectivity index (χ0n) is 9.22. The largest absolute Gasteiger partial charge is 0.394 e. The van der Waals surface area contributed by atoms with Gasteiger partial charge in [-0.05, 0) is 31.1 Å². The Hall–Kier alpha value is -0.650. The number of fused-ring (bicyclic) bond motifs is 1. The third kappa shape index (κ3) is 2.07. The average molecular weight is 229 g/mol. The van der Waals surface area contributed by atoms with Crippen LogP contribution in [0, 0.1) is 17.8 Å². The SMILES string of the molecule is O=C(NC(CO)(CO)CO)C1CC2CC2C1. The predicted octanol–water partition coefficient (Wildman–Crippen LogP) is -1.14. The monoisotopic (exact) mass is 229 g/mol. The van der Waals surface area contributed by atoms with Crippen LogP contribution in [0.5, 0.6) is 0 Å². The summed E-state index contributed by atoms with van der Waals surface area (Å²) in [4.78, 5) is 11.9. The van der Waals surface area contributed by atoms with Gasteiger partial charge in [0.15, 0.2) is 0 Å². The minimum Gasteiger partial charge on any atom is -0.394 e. The van der Waals surface area contributed by atoms with Crippen molar-refractivity contribution in [2.24, 2.45) is 17.8 Å². The molecule has 5 nitrogen and oxygen atoms in total. The fraction of sp³-hybridized carbons (Fsp3) is 0.909. The molecule has 0 aliphatic heterocycles. The van der Waals surface area contributed by atoms with Gasteiger partial charge in [0.1, 0.15) is 5.54 Å². The lowest BCUT2D eigenvalue weighted by atomic mass is 9.98. The van der Waals surface area contributed by atoms with E-state index in [-0.39, 0.29) is 11.8 Å². The lowest BCUT2D eigenvalue weighted by molar-refractivity contribution is -0.129. The summed E-state index contributed by atoms with van der Waals surface area (Å²) in [6.45, 7) is -1.36. The maximum atomic E-state index is 11.9. The zero-order chi connectivity index (χ0) is 11.8. The summed E-state index contributed by atoms with van der Waals surface area (Å²) in [5.41, 5.74) is -1.27. The second-order valence-corrected chi connectivity index (χ2v) is 5.17. The molecule has 0 saturated heterocycles. The molecule has 5 heteroatoms. The van der Waals surface area contributed by atoms with Crippen molar-refractivity contribution in [2.75, 3.05) is 19.8 Å². The van der Waals surface area contributed by atoms with E-state index in [1.165, 1.54) is 6.42 Å². The number of carbonyl (C=O) groups excluding carboxylic acids is 1. The number of nitrogens with one attached hydrogen (secondary N) is 1. The van der Waals surface area contributed by atoms with Crippen LogP contribution in [0.2, 0.25) is 0 Å². The molecule has 92 valence electrons. The number of aliphatic hydroxyl groups is 3. The highest BCUT2D eigenvalue weighted by Crippen LogP contribution is 2.54. The molecule has 2 rings (SSSR count). The molecule has 0 aromatic rings. The Kier molecular flexibility index (Phi) is 3.19. The van der Waals surface area contributed by atoms with Crippen LogP contribution in [0.1, 0.15) is 19.3 Å². The second kappa shape index (κ2) is 4.31. The third-order valence-electron chi connectivity index (χ3n) is 3.91. The van der Waals surface area contributed by atoms with E-state index < -0.39 is 25.4 Å². The minimum absolute atomic E-state index is 0.00669. The number of hydrogen-bond donors (Lipinski definition) is 4. The molecule has 0 aromatic carbocycles. The van der Waals surface area contributed by atoms with Crippen LogP contribution >= 0.6 is 0 Å². The topological polar surface area (TPSA) is 89.8 Å². The Labute approximate surface area is 94.5 Å². The number of aliphatic hydroxyl groups excluding tert-OH is 3. The van der Waals surface area contributed by atoms with Crippen molar-refractivity contribution in [2.45, 2.75) is 24.8 Å². The molecule has 2 aliphatic carbocycles. The van der Waals surface area contributed by atoms with Crippen molar-refractivity contribution in [3.05, 3.63) is 0 Å². The molecule has 16 heavy (non-hydrogen) atoms. The fourth-order valence-electron chi connectivity index (χ4n) is 2.56. The summed E-state index contributed by atoms with van der Waals surface area (Å²) in [5, 5.41) is 29.9. The summed E-state index contributed by atoms with van der Waals surface area (Å²) in [6.07, 6.45) is 3.07. The molecule has 0 heterocycles. The standard InChI is InChI=1S/C11H19NO4/c13-4-11(5-14,6-15)12-10(16)9-2-7-1-8(7)3-9/h7-9,13-15H,1-6H2,(H,12,16). The molecule has 0 spiro atoms. The van der Waals surface area contributed by atoms with Crippen molar-refractivity contribution in [1.29, 1.82) is 0 Å². The van der Waals surface area contributed by atoms with E-state index >= 15 is 0 Å². The first-order valence-corrected chi connectivity index (χ1v) is 5.78. The zero-order valence-corrected chi connectivity index (χ0v) is 9.22. The Morgan fingerprint density at radius 3 is 2.00 bits per heavy atom. The van der Waals surface area contributed by atoms with Crippen LogP contribution in [-0.4, -0.2) is 46.6 Å². The highest BCUT2D eigenvalue weighted by molar-refractivity contribution is 5.80. The van der Waals surface area contributed by atoms with Crippen LogP contribution in [0.25, 0.3) is 0 Å². The maximum absolute atomic E-state index is 11.9. The van der Waals surface area contributed by atoms with Gasteiger partial charge in [0.05, 0.1) is 19.8 Å². The Bertz CT molecular complexity index is 259.